The summed E-state index contributed by atoms with van der Waals surface area (Å²) >= 11 is 0. The predicted octanol–water partition coefficient (Wildman–Crippen LogP) is 3.01. The molecule has 1 N–H and O–H groups in total. The Hall–Kier alpha value is -2.48. The van der Waals surface area contributed by atoms with Crippen LogP contribution in [0.3, 0.4) is 0 Å². The van der Waals surface area contributed by atoms with Gasteiger partial charge in [-0.25, -0.2) is 18.0 Å². The molecule has 0 radical (unpaired) electrons. The van der Waals surface area contributed by atoms with Crippen LogP contribution in [0.1, 0.15) is 11.1 Å². The van der Waals surface area contributed by atoms with Crippen molar-refractivity contribution in [1.29, 1.82) is 0 Å². The van der Waals surface area contributed by atoms with Crippen LogP contribution in [-0.4, -0.2) is 25.1 Å². The van der Waals surface area contributed by atoms with Gasteiger partial charge in [0.1, 0.15) is 11.0 Å². The number of hydrogen-bond acceptors (Lipinski definition) is 4. The molecule has 0 aliphatic carbocycles. The number of hydrogen-bond donors (Lipinski definition) is 1. The Morgan fingerprint density at radius 2 is 1.65 bits per heavy atom. The van der Waals surface area contributed by atoms with Gasteiger partial charge in [-0.05, 0) is 37.1 Å². The van der Waals surface area contributed by atoms with Crippen LogP contribution >= 0.6 is 0 Å². The molecular weight excluding hydrogens is 352 g/mol. The van der Waals surface area contributed by atoms with E-state index in [1.54, 1.807) is 0 Å². The number of nitrogens with one attached hydrogen (secondary N) is 1. The molecule has 0 unspecified atom stereocenters. The molecule has 6 nitrogen and oxygen atoms in total. The number of aryl methyl sites for hydroxylation is 3. The highest BCUT2D eigenvalue weighted by Crippen LogP contribution is 2.31. The van der Waals surface area contributed by atoms with Crippen molar-refractivity contribution in [2.45, 2.75) is 13.8 Å². The number of para-hydroxylation sites is 2. The molecule has 2 heterocycles. The summed E-state index contributed by atoms with van der Waals surface area (Å²) in [5.74, 6) is 0. The fourth-order valence-corrected chi connectivity index (χ4v) is 3.41. The monoisotopic (exact) mass is 372 g/mol. The molecule has 0 atom stereocenters. The second-order valence-electron chi connectivity index (χ2n) is 6.12. The van der Waals surface area contributed by atoms with Gasteiger partial charge >= 0.3 is 0 Å². The first-order chi connectivity index (χ1) is 12.2. The van der Waals surface area contributed by atoms with Crippen molar-refractivity contribution < 1.29 is 21.7 Å². The smallest absolute Gasteiger partial charge is 0.288 e. The molecule has 0 amide bonds. The number of aromatic nitrogens is 2. The van der Waals surface area contributed by atoms with Gasteiger partial charge in [-0.15, -0.1) is 0 Å². The molecule has 0 saturated heterocycles. The molecule has 4 rings (SSSR count). The Morgan fingerprint density at radius 3 is 2.31 bits per heavy atom. The van der Waals surface area contributed by atoms with Crippen LogP contribution in [0, 0.1) is 13.8 Å². The average Bonchev–Trinajstić information content (AvgIpc) is 2.99. The maximum atomic E-state index is 9.22. The zero-order valence-electron chi connectivity index (χ0n) is 15.0. The van der Waals surface area contributed by atoms with E-state index in [2.05, 4.69) is 77.1 Å². The van der Waals surface area contributed by atoms with Gasteiger partial charge in [-0.1, -0.05) is 30.3 Å². The molecule has 136 valence electrons. The Bertz CT molecular complexity index is 1230. The topological polar surface area (TPSA) is 86.1 Å². The van der Waals surface area contributed by atoms with Gasteiger partial charge in [0.05, 0.1) is 19.5 Å². The van der Waals surface area contributed by atoms with E-state index >= 15 is 0 Å². The minimum Gasteiger partial charge on any atom is -0.726 e. The Kier molecular flexibility index (Phi) is 4.70. The molecule has 2 aromatic heterocycles. The third-order valence-electron chi connectivity index (χ3n) is 4.58. The molecule has 2 aromatic carbocycles. The number of rotatable bonds is 1. The van der Waals surface area contributed by atoms with Crippen LogP contribution in [0.2, 0.25) is 0 Å². The SMILES string of the molecule is COS(=O)(=O)[O-].Cc1c2cccc(C)c2[n+](C)c2[nH]c3ccccc3c12. The lowest BCUT2D eigenvalue weighted by Crippen LogP contribution is -2.31. The van der Waals surface area contributed by atoms with E-state index in [1.165, 1.54) is 44.0 Å². The van der Waals surface area contributed by atoms with Crippen LogP contribution in [0.15, 0.2) is 42.5 Å². The first-order valence-corrected chi connectivity index (χ1v) is 9.37. The normalized spacial score (nSPS) is 11.7. The van der Waals surface area contributed by atoms with Crippen LogP contribution in [0.25, 0.3) is 32.8 Å². The summed E-state index contributed by atoms with van der Waals surface area (Å²) in [7, 11) is -1.46. The molecule has 4 aromatic rings. The molecule has 0 aliphatic heterocycles. The maximum absolute atomic E-state index is 9.22. The number of pyridine rings is 1. The van der Waals surface area contributed by atoms with E-state index in [0.717, 1.165) is 7.11 Å². The minimum absolute atomic E-state index is 0.808. The lowest BCUT2D eigenvalue weighted by molar-refractivity contribution is -0.619. The van der Waals surface area contributed by atoms with E-state index in [0.29, 0.717) is 0 Å². The third kappa shape index (κ3) is 3.16. The van der Waals surface area contributed by atoms with Gasteiger partial charge in [0.25, 0.3) is 5.65 Å². The van der Waals surface area contributed by atoms with Crippen LogP contribution < -0.4 is 4.57 Å². The summed E-state index contributed by atoms with van der Waals surface area (Å²) in [6.07, 6.45) is 0. The predicted molar refractivity (Wildman–Crippen MR) is 101 cm³/mol. The van der Waals surface area contributed by atoms with Crippen molar-refractivity contribution in [3.63, 3.8) is 0 Å². The van der Waals surface area contributed by atoms with Gasteiger partial charge in [-0.2, -0.15) is 0 Å². The Morgan fingerprint density at radius 1 is 1.04 bits per heavy atom. The number of aromatic amines is 1. The summed E-state index contributed by atoms with van der Waals surface area (Å²) in [5, 5.41) is 3.98. The first kappa shape index (κ1) is 18.3. The lowest BCUT2D eigenvalue weighted by atomic mass is 10.0. The molecule has 0 fully saturated rings. The van der Waals surface area contributed by atoms with Gasteiger partial charge < -0.3 is 4.55 Å². The van der Waals surface area contributed by atoms with Crippen molar-refractivity contribution in [1.82, 2.24) is 4.98 Å². The largest absolute Gasteiger partial charge is 0.726 e. The van der Waals surface area contributed by atoms with E-state index < -0.39 is 10.4 Å². The Balaban J connectivity index is 0.000000286. The van der Waals surface area contributed by atoms with Gasteiger partial charge in [0, 0.05) is 10.8 Å². The fourth-order valence-electron chi connectivity index (χ4n) is 3.41. The van der Waals surface area contributed by atoms with E-state index in [4.69, 9.17) is 0 Å². The van der Waals surface area contributed by atoms with Crippen molar-refractivity contribution in [3.8, 4) is 0 Å². The maximum Gasteiger partial charge on any atom is 0.288 e. The quantitative estimate of drug-likeness (QED) is 0.316. The summed E-state index contributed by atoms with van der Waals surface area (Å²) in [6, 6.07) is 15.1. The number of fused-ring (bicyclic) bond motifs is 4. The van der Waals surface area contributed by atoms with Crippen molar-refractivity contribution in [2.75, 3.05) is 7.11 Å². The van der Waals surface area contributed by atoms with E-state index in [9.17, 15) is 13.0 Å². The zero-order valence-corrected chi connectivity index (χ0v) is 15.8. The van der Waals surface area contributed by atoms with Crippen molar-refractivity contribution in [2.24, 2.45) is 7.05 Å². The van der Waals surface area contributed by atoms with Gasteiger partial charge in [-0.3, -0.25) is 4.18 Å². The highest BCUT2D eigenvalue weighted by Gasteiger charge is 2.19. The minimum atomic E-state index is -4.41. The summed E-state index contributed by atoms with van der Waals surface area (Å²) in [6.45, 7) is 4.40. The fraction of sp³-hybridized carbons (Fsp3) is 0.211. The van der Waals surface area contributed by atoms with Gasteiger partial charge in [0.2, 0.25) is 10.4 Å². The molecule has 26 heavy (non-hydrogen) atoms. The Labute approximate surface area is 152 Å². The number of nitrogens with zero attached hydrogens (tertiary/aromatic N) is 1. The molecule has 0 aliphatic rings. The lowest BCUT2D eigenvalue weighted by Gasteiger charge is -2.08. The summed E-state index contributed by atoms with van der Waals surface area (Å²) in [5.41, 5.74) is 6.38. The zero-order chi connectivity index (χ0) is 19.1. The molecular formula is C19H20N2O4S. The molecule has 0 bridgehead atoms. The third-order valence-corrected chi connectivity index (χ3v) is 4.99. The average molecular weight is 372 g/mol. The molecule has 0 saturated carbocycles. The summed E-state index contributed by atoms with van der Waals surface area (Å²) in [4.78, 5) is 3.57. The number of H-pyrrole nitrogens is 1. The second kappa shape index (κ2) is 6.68. The highest BCUT2D eigenvalue weighted by atomic mass is 32.3. The van der Waals surface area contributed by atoms with Crippen LogP contribution in [0.5, 0.6) is 0 Å². The van der Waals surface area contributed by atoms with Crippen molar-refractivity contribution >= 4 is 43.2 Å². The van der Waals surface area contributed by atoms with E-state index in [-0.39, 0.29) is 0 Å². The molecule has 7 heteroatoms. The first-order valence-electron chi connectivity index (χ1n) is 8.04. The summed E-state index contributed by atoms with van der Waals surface area (Å²) < 4.78 is 33.3. The van der Waals surface area contributed by atoms with Gasteiger partial charge in [0.15, 0.2) is 0 Å². The molecule has 0 spiro atoms. The van der Waals surface area contributed by atoms with E-state index in [1.807, 2.05) is 0 Å². The van der Waals surface area contributed by atoms with Crippen LogP contribution in [-0.2, 0) is 21.6 Å². The van der Waals surface area contributed by atoms with Crippen molar-refractivity contribution in [3.05, 3.63) is 53.6 Å². The number of benzene rings is 2. The highest BCUT2D eigenvalue weighted by molar-refractivity contribution is 7.80. The second-order valence-corrected chi connectivity index (χ2v) is 7.27. The van der Waals surface area contributed by atoms with Crippen LogP contribution in [0.4, 0.5) is 0 Å². The standard InChI is InChI=1S/C18H16N2.CH4O4S/c1-11-7-6-9-13-12(2)16-14-8-4-5-10-15(14)19-18(16)20(3)17(11)13;1-5-6(2,3)4/h4-10H,1-3H3;1H3,(H,2,3,4).